The summed E-state index contributed by atoms with van der Waals surface area (Å²) in [5.74, 6) is 0.795. The third-order valence-electron chi connectivity index (χ3n) is 3.21. The summed E-state index contributed by atoms with van der Waals surface area (Å²) < 4.78 is 1.85. The van der Waals surface area contributed by atoms with Crippen molar-refractivity contribution in [3.05, 3.63) is 18.0 Å². The Morgan fingerprint density at radius 2 is 2.06 bits per heavy atom. The summed E-state index contributed by atoms with van der Waals surface area (Å²) in [4.78, 5) is 0. The highest BCUT2D eigenvalue weighted by atomic mass is 15.2. The van der Waals surface area contributed by atoms with Crippen molar-refractivity contribution in [2.75, 3.05) is 0 Å². The minimum atomic E-state index is 0.382. The Labute approximate surface area is 99.2 Å². The predicted molar refractivity (Wildman–Crippen MR) is 68.3 cm³/mol. The van der Waals surface area contributed by atoms with E-state index in [1.165, 1.54) is 18.4 Å². The molecule has 0 bridgehead atoms. The quantitative estimate of drug-likeness (QED) is 0.803. The minimum absolute atomic E-state index is 0.382. The number of aromatic nitrogens is 2. The van der Waals surface area contributed by atoms with Gasteiger partial charge in [-0.15, -0.1) is 0 Å². The molecule has 16 heavy (non-hydrogen) atoms. The normalized spacial score (nSPS) is 17.1. The summed E-state index contributed by atoms with van der Waals surface area (Å²) in [7, 11) is 1.96. The van der Waals surface area contributed by atoms with E-state index in [0.717, 1.165) is 5.92 Å². The number of nitrogens with one attached hydrogen (secondary N) is 1. The first-order valence-electron chi connectivity index (χ1n) is 6.27. The maximum atomic E-state index is 4.20. The monoisotopic (exact) mass is 223 g/mol. The van der Waals surface area contributed by atoms with Crippen LogP contribution in [0.1, 0.15) is 52.1 Å². The molecule has 0 spiro atoms. The van der Waals surface area contributed by atoms with E-state index < -0.39 is 0 Å². The van der Waals surface area contributed by atoms with Crippen LogP contribution in [-0.4, -0.2) is 15.8 Å². The Bertz CT molecular complexity index is 306. The van der Waals surface area contributed by atoms with Crippen molar-refractivity contribution < 1.29 is 0 Å². The van der Waals surface area contributed by atoms with Crippen LogP contribution in [0.2, 0.25) is 0 Å². The smallest absolute Gasteiger partial charge is 0.0537 e. The SMILES string of the molecule is CCC(C)CC(C)NC(C)c1cnn(C)c1. The topological polar surface area (TPSA) is 29.9 Å². The molecule has 1 N–H and O–H groups in total. The van der Waals surface area contributed by atoms with Gasteiger partial charge in [0, 0.05) is 30.9 Å². The van der Waals surface area contributed by atoms with Gasteiger partial charge in [-0.1, -0.05) is 20.3 Å². The van der Waals surface area contributed by atoms with E-state index in [1.807, 2.05) is 17.9 Å². The third-order valence-corrected chi connectivity index (χ3v) is 3.21. The first-order valence-corrected chi connectivity index (χ1v) is 6.27. The van der Waals surface area contributed by atoms with Gasteiger partial charge in [-0.25, -0.2) is 0 Å². The molecule has 0 amide bonds. The van der Waals surface area contributed by atoms with Crippen LogP contribution in [-0.2, 0) is 7.05 Å². The Morgan fingerprint density at radius 3 is 2.56 bits per heavy atom. The standard InChI is InChI=1S/C13H25N3/c1-6-10(2)7-11(3)15-12(4)13-8-14-16(5)9-13/h8-12,15H,6-7H2,1-5H3. The molecule has 0 saturated carbocycles. The number of aryl methyl sites for hydroxylation is 1. The molecular formula is C13H25N3. The van der Waals surface area contributed by atoms with Gasteiger partial charge >= 0.3 is 0 Å². The van der Waals surface area contributed by atoms with E-state index in [4.69, 9.17) is 0 Å². The van der Waals surface area contributed by atoms with E-state index in [9.17, 15) is 0 Å². The molecule has 0 aliphatic carbocycles. The van der Waals surface area contributed by atoms with Crippen LogP contribution >= 0.6 is 0 Å². The Hall–Kier alpha value is -0.830. The zero-order valence-corrected chi connectivity index (χ0v) is 11.2. The van der Waals surface area contributed by atoms with Crippen molar-refractivity contribution in [3.8, 4) is 0 Å². The van der Waals surface area contributed by atoms with E-state index in [-0.39, 0.29) is 0 Å². The molecule has 0 aliphatic heterocycles. The Morgan fingerprint density at radius 1 is 1.38 bits per heavy atom. The summed E-state index contributed by atoms with van der Waals surface area (Å²) in [6, 6.07) is 0.943. The zero-order valence-electron chi connectivity index (χ0n) is 11.2. The lowest BCUT2D eigenvalue weighted by molar-refractivity contribution is 0.385. The highest BCUT2D eigenvalue weighted by Gasteiger charge is 2.12. The summed E-state index contributed by atoms with van der Waals surface area (Å²) in [5, 5.41) is 7.82. The van der Waals surface area contributed by atoms with Crippen molar-refractivity contribution in [3.63, 3.8) is 0 Å². The molecular weight excluding hydrogens is 198 g/mol. The van der Waals surface area contributed by atoms with Crippen molar-refractivity contribution in [2.45, 2.75) is 52.6 Å². The second-order valence-electron chi connectivity index (χ2n) is 4.99. The number of rotatable bonds is 6. The van der Waals surface area contributed by atoms with Crippen molar-refractivity contribution in [2.24, 2.45) is 13.0 Å². The van der Waals surface area contributed by atoms with Crippen molar-refractivity contribution in [1.82, 2.24) is 15.1 Å². The second-order valence-corrected chi connectivity index (χ2v) is 4.99. The molecule has 3 heteroatoms. The average molecular weight is 223 g/mol. The van der Waals surface area contributed by atoms with Gasteiger partial charge < -0.3 is 5.32 Å². The van der Waals surface area contributed by atoms with Gasteiger partial charge in [-0.2, -0.15) is 5.10 Å². The largest absolute Gasteiger partial charge is 0.308 e. The molecule has 3 unspecified atom stereocenters. The maximum absolute atomic E-state index is 4.20. The summed E-state index contributed by atoms with van der Waals surface area (Å²) >= 11 is 0. The van der Waals surface area contributed by atoms with Crippen LogP contribution in [0.3, 0.4) is 0 Å². The molecule has 3 atom stereocenters. The molecule has 0 aliphatic rings. The molecule has 3 nitrogen and oxygen atoms in total. The molecule has 0 saturated heterocycles. The molecule has 0 radical (unpaired) electrons. The van der Waals surface area contributed by atoms with Crippen LogP contribution < -0.4 is 5.32 Å². The van der Waals surface area contributed by atoms with Gasteiger partial charge in [-0.3, -0.25) is 4.68 Å². The summed E-state index contributed by atoms with van der Waals surface area (Å²) in [6.45, 7) is 9.03. The fourth-order valence-corrected chi connectivity index (χ4v) is 2.03. The van der Waals surface area contributed by atoms with E-state index in [1.54, 1.807) is 0 Å². The number of hydrogen-bond acceptors (Lipinski definition) is 2. The van der Waals surface area contributed by atoms with Gasteiger partial charge in [0.25, 0.3) is 0 Å². The zero-order chi connectivity index (χ0) is 12.1. The fourth-order valence-electron chi connectivity index (χ4n) is 2.03. The van der Waals surface area contributed by atoms with Crippen LogP contribution in [0.25, 0.3) is 0 Å². The van der Waals surface area contributed by atoms with Gasteiger partial charge in [-0.05, 0) is 26.2 Å². The molecule has 1 rings (SSSR count). The minimum Gasteiger partial charge on any atom is -0.308 e. The van der Waals surface area contributed by atoms with Gasteiger partial charge in [0.1, 0.15) is 0 Å². The van der Waals surface area contributed by atoms with Crippen LogP contribution in [0.15, 0.2) is 12.4 Å². The summed E-state index contributed by atoms with van der Waals surface area (Å²) in [5.41, 5.74) is 1.26. The first kappa shape index (κ1) is 13.2. The van der Waals surface area contributed by atoms with Crippen LogP contribution in [0, 0.1) is 5.92 Å². The highest BCUT2D eigenvalue weighted by molar-refractivity contribution is 5.09. The van der Waals surface area contributed by atoms with E-state index >= 15 is 0 Å². The third kappa shape index (κ3) is 3.97. The predicted octanol–water partition coefficient (Wildman–Crippen LogP) is 2.90. The van der Waals surface area contributed by atoms with Gasteiger partial charge in [0.05, 0.1) is 6.20 Å². The number of nitrogens with zero attached hydrogens (tertiary/aromatic N) is 2. The van der Waals surface area contributed by atoms with Crippen molar-refractivity contribution >= 4 is 0 Å². The molecule has 92 valence electrons. The Kier molecular flexibility index (Phi) is 5.00. The lowest BCUT2D eigenvalue weighted by Crippen LogP contribution is -2.30. The lowest BCUT2D eigenvalue weighted by atomic mass is 9.99. The molecule has 1 aromatic heterocycles. The molecule has 0 fully saturated rings. The van der Waals surface area contributed by atoms with E-state index in [2.05, 4.69) is 44.3 Å². The first-order chi connectivity index (χ1) is 7.52. The highest BCUT2D eigenvalue weighted by Crippen LogP contribution is 2.15. The molecule has 1 heterocycles. The maximum Gasteiger partial charge on any atom is 0.0537 e. The molecule has 0 aromatic carbocycles. The van der Waals surface area contributed by atoms with Crippen LogP contribution in [0.5, 0.6) is 0 Å². The van der Waals surface area contributed by atoms with Gasteiger partial charge in [0.2, 0.25) is 0 Å². The summed E-state index contributed by atoms with van der Waals surface area (Å²) in [6.07, 6.45) is 6.51. The fraction of sp³-hybridized carbons (Fsp3) is 0.769. The van der Waals surface area contributed by atoms with Crippen LogP contribution in [0.4, 0.5) is 0 Å². The van der Waals surface area contributed by atoms with E-state index in [0.29, 0.717) is 12.1 Å². The second kappa shape index (κ2) is 6.04. The Balaban J connectivity index is 2.42. The lowest BCUT2D eigenvalue weighted by Gasteiger charge is -2.21. The molecule has 1 aromatic rings. The average Bonchev–Trinajstić information content (AvgIpc) is 2.64. The van der Waals surface area contributed by atoms with Gasteiger partial charge in [0.15, 0.2) is 0 Å². The van der Waals surface area contributed by atoms with Crippen molar-refractivity contribution in [1.29, 1.82) is 0 Å². The number of hydrogen-bond donors (Lipinski definition) is 1.